The predicted molar refractivity (Wildman–Crippen MR) is 127 cm³/mol. The average Bonchev–Trinajstić information content (AvgIpc) is 2.67. The van der Waals surface area contributed by atoms with E-state index < -0.39 is 0 Å². The second kappa shape index (κ2) is 10.2. The minimum atomic E-state index is 0.0377. The molecule has 0 aliphatic heterocycles. The third kappa shape index (κ3) is 5.46. The molecular formula is C25H30ClNS. The Labute approximate surface area is 179 Å². The van der Waals surface area contributed by atoms with Crippen molar-refractivity contribution in [3.8, 4) is 0 Å². The van der Waals surface area contributed by atoms with Crippen LogP contribution in [0.2, 0.25) is 0 Å². The van der Waals surface area contributed by atoms with Crippen molar-refractivity contribution in [1.29, 1.82) is 0 Å². The van der Waals surface area contributed by atoms with Gasteiger partial charge in [0.15, 0.2) is 0 Å². The lowest BCUT2D eigenvalue weighted by molar-refractivity contribution is 0.713. The van der Waals surface area contributed by atoms with Crippen LogP contribution < -0.4 is 4.72 Å². The lowest BCUT2D eigenvalue weighted by atomic mass is 9.78. The van der Waals surface area contributed by atoms with Crippen LogP contribution >= 0.6 is 23.5 Å². The molecule has 0 aromatic heterocycles. The molecule has 0 fully saturated rings. The van der Waals surface area contributed by atoms with Crippen LogP contribution in [0.15, 0.2) is 71.8 Å². The number of hydrogen-bond acceptors (Lipinski definition) is 2. The first kappa shape index (κ1) is 21.1. The zero-order valence-electron chi connectivity index (χ0n) is 17.0. The standard InChI is InChI=1S/C25H30ClNS/c1-18-8-6-11-21-10-4-5-13-24(21)25(23(18)15-14-19(2)26)17-20-9-7-12-22(16-20)27-28-3/h4-5,7,9-10,12-16,19,25,27H,6,8,11,17H2,1-3H3/b15-14-,23-18-. The summed E-state index contributed by atoms with van der Waals surface area (Å²) in [6.45, 7) is 4.32. The topological polar surface area (TPSA) is 12.0 Å². The lowest BCUT2D eigenvalue weighted by Crippen LogP contribution is -2.13. The molecule has 0 amide bonds. The number of anilines is 1. The van der Waals surface area contributed by atoms with Gasteiger partial charge in [0, 0.05) is 23.2 Å². The van der Waals surface area contributed by atoms with Crippen LogP contribution in [0.25, 0.3) is 0 Å². The Balaban J connectivity index is 2.05. The Kier molecular flexibility index (Phi) is 7.70. The lowest BCUT2D eigenvalue weighted by Gasteiger charge is -2.27. The molecule has 148 valence electrons. The number of hydrogen-bond donors (Lipinski definition) is 1. The number of halogens is 1. The highest BCUT2D eigenvalue weighted by Gasteiger charge is 2.22. The van der Waals surface area contributed by atoms with Gasteiger partial charge in [-0.15, -0.1) is 11.6 Å². The molecule has 3 rings (SSSR count). The van der Waals surface area contributed by atoms with Crippen molar-refractivity contribution in [2.45, 2.75) is 50.8 Å². The van der Waals surface area contributed by atoms with E-state index in [0.29, 0.717) is 5.92 Å². The van der Waals surface area contributed by atoms with E-state index in [-0.39, 0.29) is 5.38 Å². The maximum atomic E-state index is 6.26. The molecule has 0 saturated carbocycles. The Morgan fingerprint density at radius 1 is 1.18 bits per heavy atom. The van der Waals surface area contributed by atoms with Crippen LogP contribution in [-0.2, 0) is 12.8 Å². The number of fused-ring (bicyclic) bond motifs is 1. The summed E-state index contributed by atoms with van der Waals surface area (Å²) in [5, 5.41) is 0.0377. The molecule has 2 aromatic carbocycles. The van der Waals surface area contributed by atoms with Crippen LogP contribution in [0.3, 0.4) is 0 Å². The second-order valence-electron chi connectivity index (χ2n) is 7.59. The molecule has 1 aliphatic rings. The zero-order chi connectivity index (χ0) is 19.9. The summed E-state index contributed by atoms with van der Waals surface area (Å²) in [7, 11) is 0. The van der Waals surface area contributed by atoms with Gasteiger partial charge in [-0.2, -0.15) is 0 Å². The molecule has 3 heteroatoms. The Bertz CT molecular complexity index is 853. The van der Waals surface area contributed by atoms with Crippen molar-refractivity contribution < 1.29 is 0 Å². The highest BCUT2D eigenvalue weighted by Crippen LogP contribution is 2.37. The van der Waals surface area contributed by atoms with Gasteiger partial charge in [0.2, 0.25) is 0 Å². The molecular weight excluding hydrogens is 382 g/mol. The summed E-state index contributed by atoms with van der Waals surface area (Å²) in [6, 6.07) is 17.8. The van der Waals surface area contributed by atoms with Crippen molar-refractivity contribution in [2.24, 2.45) is 0 Å². The monoisotopic (exact) mass is 411 g/mol. The SMILES string of the molecule is CSNc1cccc(CC2C(/C=C\C(C)Cl)=C(/C)CCCc3ccccc32)c1. The maximum Gasteiger partial charge on any atom is 0.0490 e. The van der Waals surface area contributed by atoms with Crippen molar-refractivity contribution in [2.75, 3.05) is 11.0 Å². The van der Waals surface area contributed by atoms with Gasteiger partial charge in [-0.05, 0) is 73.9 Å². The largest absolute Gasteiger partial charge is 0.330 e. The molecule has 28 heavy (non-hydrogen) atoms. The van der Waals surface area contributed by atoms with Crippen LogP contribution in [0.4, 0.5) is 5.69 Å². The van der Waals surface area contributed by atoms with E-state index in [2.05, 4.69) is 78.6 Å². The number of aryl methyl sites for hydroxylation is 1. The van der Waals surface area contributed by atoms with Crippen LogP contribution in [-0.4, -0.2) is 11.6 Å². The van der Waals surface area contributed by atoms with Crippen LogP contribution in [0, 0.1) is 0 Å². The summed E-state index contributed by atoms with van der Waals surface area (Å²) >= 11 is 7.89. The van der Waals surface area contributed by atoms with Crippen molar-refractivity contribution in [1.82, 2.24) is 0 Å². The maximum absolute atomic E-state index is 6.26. The Morgan fingerprint density at radius 2 is 2.00 bits per heavy atom. The fraction of sp³-hybridized carbons (Fsp3) is 0.360. The van der Waals surface area contributed by atoms with Gasteiger partial charge in [0.05, 0.1) is 0 Å². The molecule has 1 aliphatic carbocycles. The molecule has 0 spiro atoms. The van der Waals surface area contributed by atoms with Crippen LogP contribution in [0.1, 0.15) is 49.3 Å². The van der Waals surface area contributed by atoms with E-state index in [4.69, 9.17) is 11.6 Å². The second-order valence-corrected chi connectivity index (χ2v) is 8.89. The fourth-order valence-corrected chi connectivity index (χ4v) is 4.52. The fourth-order valence-electron chi connectivity index (χ4n) is 4.09. The molecule has 1 N–H and O–H groups in total. The van der Waals surface area contributed by atoms with E-state index in [9.17, 15) is 0 Å². The first-order valence-electron chi connectivity index (χ1n) is 10.1. The van der Waals surface area contributed by atoms with E-state index in [1.165, 1.54) is 34.3 Å². The third-order valence-electron chi connectivity index (χ3n) is 5.42. The van der Waals surface area contributed by atoms with Gasteiger partial charge in [0.1, 0.15) is 0 Å². The first-order valence-corrected chi connectivity index (χ1v) is 11.7. The summed E-state index contributed by atoms with van der Waals surface area (Å²) in [6.07, 6.45) is 11.0. The van der Waals surface area contributed by atoms with Crippen molar-refractivity contribution >= 4 is 29.2 Å². The normalized spacial score (nSPS) is 21.1. The number of allylic oxidation sites excluding steroid dienone is 4. The van der Waals surface area contributed by atoms with Crippen LogP contribution in [0.5, 0.6) is 0 Å². The van der Waals surface area contributed by atoms with Crippen molar-refractivity contribution in [3.63, 3.8) is 0 Å². The number of nitrogens with one attached hydrogen (secondary N) is 1. The molecule has 0 bridgehead atoms. The third-order valence-corrected chi connectivity index (χ3v) is 6.01. The summed E-state index contributed by atoms with van der Waals surface area (Å²) in [4.78, 5) is 0. The summed E-state index contributed by atoms with van der Waals surface area (Å²) < 4.78 is 3.36. The van der Waals surface area contributed by atoms with Gasteiger partial charge in [-0.3, -0.25) is 0 Å². The minimum Gasteiger partial charge on any atom is -0.330 e. The van der Waals surface area contributed by atoms with Gasteiger partial charge >= 0.3 is 0 Å². The van der Waals surface area contributed by atoms with E-state index in [1.54, 1.807) is 11.9 Å². The molecule has 0 radical (unpaired) electrons. The zero-order valence-corrected chi connectivity index (χ0v) is 18.6. The number of alkyl halides is 1. The van der Waals surface area contributed by atoms with Gasteiger partial charge < -0.3 is 4.72 Å². The molecule has 2 aromatic rings. The van der Waals surface area contributed by atoms with E-state index in [1.807, 2.05) is 6.92 Å². The predicted octanol–water partition coefficient (Wildman–Crippen LogP) is 7.54. The molecule has 2 unspecified atom stereocenters. The molecule has 0 heterocycles. The first-order chi connectivity index (χ1) is 13.6. The smallest absolute Gasteiger partial charge is 0.0490 e. The number of benzene rings is 2. The number of rotatable bonds is 6. The highest BCUT2D eigenvalue weighted by molar-refractivity contribution is 7.99. The van der Waals surface area contributed by atoms with Gasteiger partial charge in [-0.25, -0.2) is 0 Å². The Hall–Kier alpha value is -1.64. The quantitative estimate of drug-likeness (QED) is 0.389. The summed E-state index contributed by atoms with van der Waals surface area (Å²) in [5.41, 5.74) is 8.40. The van der Waals surface area contributed by atoms with E-state index in [0.717, 1.165) is 24.9 Å². The molecule has 1 nitrogen and oxygen atoms in total. The molecule has 2 atom stereocenters. The van der Waals surface area contributed by atoms with E-state index >= 15 is 0 Å². The average molecular weight is 412 g/mol. The summed E-state index contributed by atoms with van der Waals surface area (Å²) in [5.74, 6) is 0.354. The van der Waals surface area contributed by atoms with Gasteiger partial charge in [-0.1, -0.05) is 66.1 Å². The molecule has 0 saturated heterocycles. The highest BCUT2D eigenvalue weighted by atomic mass is 35.5. The Morgan fingerprint density at radius 3 is 2.79 bits per heavy atom. The van der Waals surface area contributed by atoms with Crippen molar-refractivity contribution in [3.05, 3.63) is 88.5 Å². The van der Waals surface area contributed by atoms with Gasteiger partial charge in [0.25, 0.3) is 0 Å². The minimum absolute atomic E-state index is 0.0377.